The number of nitrogens with zero attached hydrogens (tertiary/aromatic N) is 4. The highest BCUT2D eigenvalue weighted by atomic mass is 32.2. The third kappa shape index (κ3) is 4.62. The maximum absolute atomic E-state index is 12.4. The fourth-order valence-electron chi connectivity index (χ4n) is 2.84. The normalized spacial score (nSPS) is 13.2. The van der Waals surface area contributed by atoms with Crippen LogP contribution in [0.3, 0.4) is 0 Å². The van der Waals surface area contributed by atoms with Crippen molar-refractivity contribution in [2.75, 3.05) is 13.2 Å². The van der Waals surface area contributed by atoms with Gasteiger partial charge in [0, 0.05) is 23.9 Å². The quantitative estimate of drug-likeness (QED) is 0.372. The average Bonchev–Trinajstić information content (AvgIpc) is 3.20. The zero-order valence-corrected chi connectivity index (χ0v) is 17.5. The van der Waals surface area contributed by atoms with E-state index in [1.807, 2.05) is 48.9 Å². The van der Waals surface area contributed by atoms with E-state index in [1.165, 1.54) is 0 Å². The lowest BCUT2D eigenvalue weighted by Crippen LogP contribution is -2.19. The number of fused-ring (bicyclic) bond motifs is 1. The van der Waals surface area contributed by atoms with Gasteiger partial charge in [0.2, 0.25) is 0 Å². The second-order valence-electron chi connectivity index (χ2n) is 6.71. The number of benzene rings is 2. The molecule has 1 aliphatic rings. The van der Waals surface area contributed by atoms with Gasteiger partial charge in [-0.25, -0.2) is 5.43 Å². The van der Waals surface area contributed by atoms with Gasteiger partial charge in [-0.3, -0.25) is 4.79 Å². The zero-order chi connectivity index (χ0) is 20.9. The summed E-state index contributed by atoms with van der Waals surface area (Å²) in [6.45, 7) is 2.90. The van der Waals surface area contributed by atoms with E-state index in [4.69, 9.17) is 9.47 Å². The lowest BCUT2D eigenvalue weighted by atomic mass is 10.1. The van der Waals surface area contributed by atoms with Gasteiger partial charge in [-0.05, 0) is 42.8 Å². The smallest absolute Gasteiger partial charge is 0.271 e. The monoisotopic (exact) mass is 423 g/mol. The Morgan fingerprint density at radius 2 is 1.87 bits per heavy atom. The van der Waals surface area contributed by atoms with Crippen LogP contribution in [0.15, 0.2) is 59.0 Å². The molecule has 154 valence electrons. The number of carbonyl (C=O) groups excluding carboxylic acids is 1. The molecule has 0 unspecified atom stereocenters. The molecular formula is C21H21N5O3S. The predicted octanol–water partition coefficient (Wildman–Crippen LogP) is 3.03. The van der Waals surface area contributed by atoms with Crippen molar-refractivity contribution >= 4 is 23.4 Å². The second kappa shape index (κ2) is 9.00. The fourth-order valence-corrected chi connectivity index (χ4v) is 3.68. The third-order valence-corrected chi connectivity index (χ3v) is 5.64. The summed E-state index contributed by atoms with van der Waals surface area (Å²) in [7, 11) is 1.91. The van der Waals surface area contributed by atoms with Crippen LogP contribution >= 0.6 is 11.8 Å². The molecule has 3 aromatic rings. The highest BCUT2D eigenvalue weighted by Crippen LogP contribution is 2.30. The van der Waals surface area contributed by atoms with E-state index >= 15 is 0 Å². The summed E-state index contributed by atoms with van der Waals surface area (Å²) in [5.74, 6) is 1.89. The first-order valence-corrected chi connectivity index (χ1v) is 10.4. The van der Waals surface area contributed by atoms with Crippen molar-refractivity contribution in [2.24, 2.45) is 12.1 Å². The predicted molar refractivity (Wildman–Crippen MR) is 114 cm³/mol. The number of amides is 1. The Kier molecular flexibility index (Phi) is 5.99. The van der Waals surface area contributed by atoms with E-state index in [2.05, 4.69) is 20.7 Å². The number of aryl methyl sites for hydroxylation is 1. The van der Waals surface area contributed by atoms with Crippen molar-refractivity contribution in [1.29, 1.82) is 0 Å². The van der Waals surface area contributed by atoms with Crippen LogP contribution in [0.4, 0.5) is 0 Å². The summed E-state index contributed by atoms with van der Waals surface area (Å²) in [6.07, 6.45) is 1.67. The van der Waals surface area contributed by atoms with Crippen LogP contribution in [0, 0.1) is 0 Å². The minimum Gasteiger partial charge on any atom is -0.486 e. The van der Waals surface area contributed by atoms with Gasteiger partial charge in [-0.1, -0.05) is 23.9 Å². The number of hydrogen-bond donors (Lipinski definition) is 1. The fraction of sp³-hybridized carbons (Fsp3) is 0.238. The van der Waals surface area contributed by atoms with E-state index < -0.39 is 0 Å². The molecule has 8 nitrogen and oxygen atoms in total. The topological polar surface area (TPSA) is 90.6 Å². The molecule has 0 radical (unpaired) electrons. The number of carbonyl (C=O) groups is 1. The Morgan fingerprint density at radius 3 is 2.60 bits per heavy atom. The van der Waals surface area contributed by atoms with Crippen molar-refractivity contribution in [1.82, 2.24) is 20.2 Å². The Morgan fingerprint density at radius 1 is 1.13 bits per heavy atom. The molecule has 0 bridgehead atoms. The summed E-state index contributed by atoms with van der Waals surface area (Å²) in [6, 6.07) is 13.0. The van der Waals surface area contributed by atoms with Crippen molar-refractivity contribution in [2.45, 2.75) is 17.8 Å². The van der Waals surface area contributed by atoms with Crippen LogP contribution < -0.4 is 14.9 Å². The van der Waals surface area contributed by atoms with Gasteiger partial charge < -0.3 is 14.0 Å². The van der Waals surface area contributed by atoms with Gasteiger partial charge in [-0.2, -0.15) is 5.10 Å². The first kappa shape index (κ1) is 20.0. The Balaban J connectivity index is 1.35. The van der Waals surface area contributed by atoms with Gasteiger partial charge in [0.25, 0.3) is 5.91 Å². The van der Waals surface area contributed by atoms with Crippen LogP contribution in [0.1, 0.15) is 28.4 Å². The molecule has 2 aromatic carbocycles. The molecule has 0 aliphatic carbocycles. The first-order chi connectivity index (χ1) is 14.6. The van der Waals surface area contributed by atoms with Crippen LogP contribution in [0.25, 0.3) is 0 Å². The molecule has 1 aliphatic heterocycles. The van der Waals surface area contributed by atoms with Crippen molar-refractivity contribution in [3.63, 3.8) is 0 Å². The van der Waals surface area contributed by atoms with Gasteiger partial charge in [0.05, 0.1) is 5.71 Å². The van der Waals surface area contributed by atoms with Crippen LogP contribution in [0.5, 0.6) is 11.5 Å². The molecular weight excluding hydrogens is 402 g/mol. The number of ether oxygens (including phenoxy) is 2. The van der Waals surface area contributed by atoms with Crippen molar-refractivity contribution < 1.29 is 14.3 Å². The molecule has 0 spiro atoms. The van der Waals surface area contributed by atoms with Gasteiger partial charge in [0.15, 0.2) is 16.7 Å². The lowest BCUT2D eigenvalue weighted by molar-refractivity contribution is 0.0955. The zero-order valence-electron chi connectivity index (χ0n) is 16.7. The first-order valence-electron chi connectivity index (χ1n) is 9.40. The highest BCUT2D eigenvalue weighted by molar-refractivity contribution is 7.98. The molecule has 1 amide bonds. The largest absolute Gasteiger partial charge is 0.486 e. The molecule has 1 aromatic heterocycles. The number of hydrazone groups is 1. The summed E-state index contributed by atoms with van der Waals surface area (Å²) < 4.78 is 13.0. The Bertz CT molecular complexity index is 1080. The average molecular weight is 423 g/mol. The summed E-state index contributed by atoms with van der Waals surface area (Å²) in [5.41, 5.74) is 5.78. The molecule has 0 saturated heterocycles. The molecule has 0 atom stereocenters. The minimum absolute atomic E-state index is 0.264. The van der Waals surface area contributed by atoms with E-state index in [-0.39, 0.29) is 5.91 Å². The van der Waals surface area contributed by atoms with Gasteiger partial charge >= 0.3 is 0 Å². The molecule has 2 heterocycles. The SMILES string of the molecule is C/C(=N\NC(=O)c1ccc(CSc2nncn2C)cc1)c1ccc2c(c1)OCCO2. The highest BCUT2D eigenvalue weighted by Gasteiger charge is 2.13. The molecule has 0 fully saturated rings. The van der Waals surface area contributed by atoms with Crippen LogP contribution in [-0.4, -0.2) is 39.6 Å². The van der Waals surface area contributed by atoms with E-state index in [0.29, 0.717) is 30.2 Å². The summed E-state index contributed by atoms with van der Waals surface area (Å²) in [5, 5.41) is 13.0. The maximum Gasteiger partial charge on any atom is 0.271 e. The minimum atomic E-state index is -0.264. The Hall–Kier alpha value is -3.33. The van der Waals surface area contributed by atoms with Crippen LogP contribution in [-0.2, 0) is 12.8 Å². The molecule has 0 saturated carbocycles. The van der Waals surface area contributed by atoms with E-state index in [1.54, 1.807) is 30.2 Å². The molecule has 4 rings (SSSR count). The van der Waals surface area contributed by atoms with E-state index in [0.717, 1.165) is 27.8 Å². The lowest BCUT2D eigenvalue weighted by Gasteiger charge is -2.18. The van der Waals surface area contributed by atoms with E-state index in [9.17, 15) is 4.79 Å². The molecule has 9 heteroatoms. The number of nitrogens with one attached hydrogen (secondary N) is 1. The van der Waals surface area contributed by atoms with Crippen molar-refractivity contribution in [3.05, 3.63) is 65.5 Å². The van der Waals surface area contributed by atoms with Gasteiger partial charge in [-0.15, -0.1) is 10.2 Å². The van der Waals surface area contributed by atoms with Gasteiger partial charge in [0.1, 0.15) is 19.5 Å². The maximum atomic E-state index is 12.4. The summed E-state index contributed by atoms with van der Waals surface area (Å²) in [4.78, 5) is 12.4. The standard InChI is InChI=1S/C21H21N5O3S/c1-14(17-7-8-18-19(11-17)29-10-9-28-18)23-24-20(27)16-5-3-15(4-6-16)12-30-21-25-22-13-26(21)2/h3-8,11,13H,9-10,12H2,1-2H3,(H,24,27)/b23-14+. The number of thioether (sulfide) groups is 1. The summed E-state index contributed by atoms with van der Waals surface area (Å²) >= 11 is 1.59. The van der Waals surface area contributed by atoms with Crippen LogP contribution in [0.2, 0.25) is 0 Å². The number of hydrogen-bond acceptors (Lipinski definition) is 7. The third-order valence-electron chi connectivity index (χ3n) is 4.54. The van der Waals surface area contributed by atoms with Crippen molar-refractivity contribution in [3.8, 4) is 11.5 Å². The second-order valence-corrected chi connectivity index (χ2v) is 7.65. The number of rotatable bonds is 6. The molecule has 30 heavy (non-hydrogen) atoms. The molecule has 1 N–H and O–H groups in total. The Labute approximate surface area is 178 Å². The number of aromatic nitrogens is 3.